The summed E-state index contributed by atoms with van der Waals surface area (Å²) in [4.78, 5) is 56.2. The van der Waals surface area contributed by atoms with Crippen molar-refractivity contribution in [1.82, 2.24) is 5.39 Å². The zero-order chi connectivity index (χ0) is 38.8. The van der Waals surface area contributed by atoms with E-state index < -0.39 is 65.5 Å². The Labute approximate surface area is 314 Å². The zero-order valence-corrected chi connectivity index (χ0v) is 31.0. The summed E-state index contributed by atoms with van der Waals surface area (Å²) in [6.07, 6.45) is 6.97. The molecule has 15 heteroatoms. The van der Waals surface area contributed by atoms with Gasteiger partial charge in [-0.25, -0.2) is 4.79 Å². The van der Waals surface area contributed by atoms with Crippen LogP contribution in [0.3, 0.4) is 0 Å². The molecule has 0 spiro atoms. The van der Waals surface area contributed by atoms with E-state index >= 15 is 0 Å². The molecule has 1 aromatic rings. The number of nitrogens with two attached hydrogens (primary N) is 1. The van der Waals surface area contributed by atoms with E-state index in [2.05, 4.69) is 11.8 Å². The van der Waals surface area contributed by atoms with E-state index in [0.29, 0.717) is 31.2 Å². The van der Waals surface area contributed by atoms with Gasteiger partial charge in [0.2, 0.25) is 5.78 Å². The average molecular weight is 757 g/mol. The fraction of sp³-hybridized carbons (Fsp3) is 0.641. The van der Waals surface area contributed by atoms with Crippen molar-refractivity contribution >= 4 is 23.7 Å². The average Bonchev–Trinajstić information content (AvgIpc) is 3.61. The number of benzene rings is 1. The molecule has 5 N–H and O–H groups in total. The highest BCUT2D eigenvalue weighted by Crippen LogP contribution is 2.69. The maximum absolute atomic E-state index is 14.4. The fourth-order valence-corrected chi connectivity index (χ4v) is 10.0. The van der Waals surface area contributed by atoms with Crippen LogP contribution in [0.2, 0.25) is 0 Å². The quantitative estimate of drug-likeness (QED) is 0.0857. The molecule has 0 bridgehead atoms. The van der Waals surface area contributed by atoms with Crippen molar-refractivity contribution in [3.63, 3.8) is 0 Å². The summed E-state index contributed by atoms with van der Waals surface area (Å²) in [5.74, 6) is -1.00. The lowest BCUT2D eigenvalue weighted by Gasteiger charge is -2.59. The number of unbranched alkanes of at least 4 members (excludes halogenated alkanes) is 1. The van der Waals surface area contributed by atoms with E-state index in [-0.39, 0.29) is 60.7 Å². The van der Waals surface area contributed by atoms with Crippen molar-refractivity contribution in [1.29, 1.82) is 0 Å². The first-order valence-corrected chi connectivity index (χ1v) is 18.9. The lowest BCUT2D eigenvalue weighted by atomic mass is 9.46. The third-order valence-electron chi connectivity index (χ3n) is 12.4. The molecule has 15 nitrogen and oxygen atoms in total. The minimum Gasteiger partial charge on any atom is -0.465 e. The molecule has 296 valence electrons. The SMILES string of the molecule is CCCC1O[C@@H]2C[C@H]3[C@@H]4CCC5=CC(=O)C=C[C@]5(C)[C@H]4[C@@H](O)C[C@]3(C)[C@]2(C(=O)COC(=O)Oc2ccc(CC(N)C(=O)OCCCCON(O)O)cc2)O1. The molecule has 3 saturated carbocycles. The molecule has 1 aromatic carbocycles. The molecule has 0 amide bonds. The minimum atomic E-state index is -1.43. The maximum atomic E-state index is 14.4. The molecule has 6 rings (SSSR count). The van der Waals surface area contributed by atoms with Crippen LogP contribution in [0.5, 0.6) is 5.75 Å². The number of aliphatic hydroxyl groups is 1. The van der Waals surface area contributed by atoms with E-state index in [1.165, 1.54) is 12.1 Å². The van der Waals surface area contributed by atoms with E-state index in [9.17, 15) is 24.3 Å². The number of hydrogen-bond donors (Lipinski definition) is 4. The Morgan fingerprint density at radius 1 is 1.09 bits per heavy atom. The topological polar surface area (TPSA) is 214 Å². The van der Waals surface area contributed by atoms with Crippen LogP contribution in [0, 0.1) is 28.6 Å². The molecule has 2 unspecified atom stereocenters. The van der Waals surface area contributed by atoms with Crippen LogP contribution in [0.1, 0.15) is 77.7 Å². The van der Waals surface area contributed by atoms with Gasteiger partial charge in [0, 0.05) is 16.7 Å². The molecule has 4 fully saturated rings. The maximum Gasteiger partial charge on any atom is 0.514 e. The van der Waals surface area contributed by atoms with Gasteiger partial charge >= 0.3 is 12.1 Å². The van der Waals surface area contributed by atoms with Gasteiger partial charge in [0.1, 0.15) is 11.8 Å². The summed E-state index contributed by atoms with van der Waals surface area (Å²) in [7, 11) is 0. The van der Waals surface area contributed by atoms with Crippen LogP contribution in [0.25, 0.3) is 0 Å². The van der Waals surface area contributed by atoms with E-state index in [0.717, 1.165) is 24.8 Å². The highest BCUT2D eigenvalue weighted by Gasteiger charge is 2.76. The smallest absolute Gasteiger partial charge is 0.465 e. The standard InChI is InChI=1S/C39H52N2O13/c1-4-7-33-53-32-20-28-27-13-10-24-19-25(42)14-15-37(24,2)34(27)30(43)21-38(28,3)39(32,54-33)31(44)22-50-36(46)52-26-11-8-23(9-12-26)18-29(40)35(45)49-16-5-6-17-51-41(47)48/h8-9,11-12,14-15,19,27-30,32-34,43,47-48H,4-7,10,13,16-18,20-22,40H2,1-3H3/t27-,28-,29?,30-,32+,33?,34+,37-,38-,39+/m0/s1. The fourth-order valence-electron chi connectivity index (χ4n) is 10.0. The largest absolute Gasteiger partial charge is 0.514 e. The van der Waals surface area contributed by atoms with E-state index in [4.69, 9.17) is 39.8 Å². The number of carbonyl (C=O) groups is 4. The van der Waals surface area contributed by atoms with Gasteiger partial charge < -0.3 is 34.5 Å². The summed E-state index contributed by atoms with van der Waals surface area (Å²) >= 11 is 0. The Balaban J connectivity index is 1.06. The molecular weight excluding hydrogens is 704 g/mol. The molecule has 1 heterocycles. The Morgan fingerprint density at radius 3 is 2.56 bits per heavy atom. The van der Waals surface area contributed by atoms with Gasteiger partial charge in [0.05, 0.1) is 30.8 Å². The van der Waals surface area contributed by atoms with Gasteiger partial charge in [-0.2, -0.15) is 0 Å². The third kappa shape index (κ3) is 7.65. The van der Waals surface area contributed by atoms with Crippen molar-refractivity contribution in [2.75, 3.05) is 19.8 Å². The lowest BCUT2D eigenvalue weighted by molar-refractivity contribution is -0.492. The number of ether oxygens (including phenoxy) is 5. The number of allylic oxidation sites excluding steroid dienone is 4. The first-order valence-electron chi connectivity index (χ1n) is 18.9. The second kappa shape index (κ2) is 16.3. The van der Waals surface area contributed by atoms with Crippen LogP contribution in [0.15, 0.2) is 48.1 Å². The predicted octanol–water partition coefficient (Wildman–Crippen LogP) is 4.15. The number of rotatable bonds is 15. The van der Waals surface area contributed by atoms with Crippen LogP contribution in [-0.2, 0) is 44.6 Å². The highest BCUT2D eigenvalue weighted by atomic mass is 17.1. The van der Waals surface area contributed by atoms with E-state index in [1.807, 2.05) is 19.9 Å². The number of nitrogens with zero attached hydrogens (tertiary/aromatic N) is 1. The molecule has 0 radical (unpaired) electrons. The van der Waals surface area contributed by atoms with Gasteiger partial charge in [-0.15, -0.1) is 0 Å². The number of aliphatic hydroxyl groups excluding tert-OH is 1. The molecule has 5 aliphatic rings. The first-order chi connectivity index (χ1) is 25.7. The van der Waals surface area contributed by atoms with Crippen LogP contribution in [0.4, 0.5) is 4.79 Å². The zero-order valence-electron chi connectivity index (χ0n) is 31.0. The molecule has 10 atom stereocenters. The number of fused-ring (bicyclic) bond motifs is 7. The van der Waals surface area contributed by atoms with Gasteiger partial charge in [-0.05, 0) is 93.1 Å². The summed E-state index contributed by atoms with van der Waals surface area (Å²) in [6.45, 7) is 5.63. The Kier molecular flexibility index (Phi) is 12.1. The number of Topliss-reactive ketones (excluding diaryl/α,β-unsaturated/α-hetero) is 1. The Hall–Kier alpha value is -3.54. The van der Waals surface area contributed by atoms with Crippen molar-refractivity contribution in [2.45, 2.75) is 109 Å². The number of ketones is 2. The lowest BCUT2D eigenvalue weighted by Crippen LogP contribution is -2.63. The second-order valence-electron chi connectivity index (χ2n) is 15.6. The normalized spacial score (nSPS) is 34.3. The second-order valence-corrected chi connectivity index (χ2v) is 15.6. The minimum absolute atomic E-state index is 0.0147. The highest BCUT2D eigenvalue weighted by molar-refractivity contribution is 6.01. The molecule has 4 aliphatic carbocycles. The first kappa shape index (κ1) is 40.1. The summed E-state index contributed by atoms with van der Waals surface area (Å²) < 4.78 is 29.0. The van der Waals surface area contributed by atoms with Gasteiger partial charge in [-0.3, -0.25) is 29.6 Å². The summed E-state index contributed by atoms with van der Waals surface area (Å²) in [6, 6.07) is 5.38. The number of hydrogen-bond acceptors (Lipinski definition) is 15. The predicted molar refractivity (Wildman–Crippen MR) is 187 cm³/mol. The third-order valence-corrected chi connectivity index (χ3v) is 12.4. The summed E-state index contributed by atoms with van der Waals surface area (Å²) in [5.41, 5.74) is 5.02. The molecule has 1 aliphatic heterocycles. The van der Waals surface area contributed by atoms with E-state index in [1.54, 1.807) is 24.3 Å². The van der Waals surface area contributed by atoms with Crippen molar-refractivity contribution in [3.05, 3.63) is 53.6 Å². The van der Waals surface area contributed by atoms with Gasteiger partial charge in [-0.1, -0.05) is 51.0 Å². The van der Waals surface area contributed by atoms with Crippen LogP contribution >= 0.6 is 0 Å². The molecule has 1 saturated heterocycles. The Bertz CT molecular complexity index is 1630. The molecular formula is C39H52N2O13. The molecule has 0 aromatic heterocycles. The monoisotopic (exact) mass is 756 g/mol. The van der Waals surface area contributed by atoms with Crippen molar-refractivity contribution < 1.29 is 63.2 Å². The van der Waals surface area contributed by atoms with Crippen LogP contribution < -0.4 is 10.5 Å². The summed E-state index contributed by atoms with van der Waals surface area (Å²) in [5, 5.41) is 28.5. The van der Waals surface area contributed by atoms with Gasteiger partial charge in [0.25, 0.3) is 0 Å². The Morgan fingerprint density at radius 2 is 1.83 bits per heavy atom. The number of esters is 1. The van der Waals surface area contributed by atoms with Crippen LogP contribution in [-0.4, -0.2) is 94.6 Å². The van der Waals surface area contributed by atoms with Gasteiger partial charge in [0.15, 0.2) is 24.3 Å². The molecule has 54 heavy (non-hydrogen) atoms. The van der Waals surface area contributed by atoms with Crippen molar-refractivity contribution in [3.8, 4) is 5.75 Å². The number of carbonyl (C=O) groups excluding carboxylic acids is 4. The van der Waals surface area contributed by atoms with Crippen molar-refractivity contribution in [2.24, 2.45) is 34.3 Å².